The maximum absolute atomic E-state index is 9.35. The van der Waals surface area contributed by atoms with Crippen LogP contribution in [0.2, 0.25) is 0 Å². The highest BCUT2D eigenvalue weighted by atomic mass is 16.5. The van der Waals surface area contributed by atoms with Crippen molar-refractivity contribution in [3.8, 4) is 11.5 Å². The second-order valence-electron chi connectivity index (χ2n) is 5.04. The van der Waals surface area contributed by atoms with E-state index in [9.17, 15) is 5.11 Å². The Morgan fingerprint density at radius 3 is 2.32 bits per heavy atom. The number of rotatable bonds is 5. The van der Waals surface area contributed by atoms with Crippen LogP contribution in [0.25, 0.3) is 0 Å². The SMILES string of the molecule is COc1cc(N2CCCC2)c(OC)cc1C(C)CO. The number of ether oxygens (including phenoxy) is 2. The fourth-order valence-corrected chi connectivity index (χ4v) is 2.59. The number of aliphatic hydroxyl groups is 1. The molecule has 1 aliphatic rings. The molecule has 4 heteroatoms. The largest absolute Gasteiger partial charge is 0.496 e. The number of hydrogen-bond donors (Lipinski definition) is 1. The molecule has 4 nitrogen and oxygen atoms in total. The Morgan fingerprint density at radius 2 is 1.79 bits per heavy atom. The Balaban J connectivity index is 2.43. The maximum Gasteiger partial charge on any atom is 0.142 e. The van der Waals surface area contributed by atoms with E-state index in [1.807, 2.05) is 19.1 Å². The maximum atomic E-state index is 9.35. The topological polar surface area (TPSA) is 41.9 Å². The van der Waals surface area contributed by atoms with Crippen LogP contribution in [0.15, 0.2) is 12.1 Å². The average molecular weight is 265 g/mol. The third-order valence-corrected chi connectivity index (χ3v) is 3.78. The molecule has 0 saturated carbocycles. The molecule has 1 aromatic rings. The monoisotopic (exact) mass is 265 g/mol. The lowest BCUT2D eigenvalue weighted by Crippen LogP contribution is -2.19. The van der Waals surface area contributed by atoms with Gasteiger partial charge in [0.1, 0.15) is 11.5 Å². The van der Waals surface area contributed by atoms with E-state index in [0.29, 0.717) is 0 Å². The summed E-state index contributed by atoms with van der Waals surface area (Å²) in [4.78, 5) is 2.33. The molecule has 0 amide bonds. The molecule has 106 valence electrons. The van der Waals surface area contributed by atoms with Crippen molar-refractivity contribution in [2.24, 2.45) is 0 Å². The molecule has 1 N–H and O–H groups in total. The highest BCUT2D eigenvalue weighted by Crippen LogP contribution is 2.39. The first-order valence-corrected chi connectivity index (χ1v) is 6.83. The molecule has 0 bridgehead atoms. The van der Waals surface area contributed by atoms with Crippen molar-refractivity contribution in [2.75, 3.05) is 38.8 Å². The van der Waals surface area contributed by atoms with Crippen LogP contribution >= 0.6 is 0 Å². The predicted molar refractivity (Wildman–Crippen MR) is 76.5 cm³/mol. The summed E-state index contributed by atoms with van der Waals surface area (Å²) >= 11 is 0. The van der Waals surface area contributed by atoms with E-state index in [2.05, 4.69) is 4.90 Å². The van der Waals surface area contributed by atoms with Crippen LogP contribution in [0.3, 0.4) is 0 Å². The van der Waals surface area contributed by atoms with Gasteiger partial charge >= 0.3 is 0 Å². The number of anilines is 1. The summed E-state index contributed by atoms with van der Waals surface area (Å²) in [7, 11) is 3.36. The minimum absolute atomic E-state index is 0.0384. The molecule has 19 heavy (non-hydrogen) atoms. The fraction of sp³-hybridized carbons (Fsp3) is 0.600. The molecular formula is C15H23NO3. The summed E-state index contributed by atoms with van der Waals surface area (Å²) in [5.74, 6) is 1.72. The van der Waals surface area contributed by atoms with E-state index in [0.717, 1.165) is 35.8 Å². The zero-order valence-electron chi connectivity index (χ0n) is 12.0. The molecule has 1 unspecified atom stereocenters. The van der Waals surface area contributed by atoms with Crippen LogP contribution < -0.4 is 14.4 Å². The van der Waals surface area contributed by atoms with Crippen molar-refractivity contribution in [1.29, 1.82) is 0 Å². The van der Waals surface area contributed by atoms with Gasteiger partial charge in [0.15, 0.2) is 0 Å². The van der Waals surface area contributed by atoms with Crippen LogP contribution in [-0.4, -0.2) is 39.0 Å². The average Bonchev–Trinajstić information content (AvgIpc) is 2.98. The number of nitrogens with zero attached hydrogens (tertiary/aromatic N) is 1. The van der Waals surface area contributed by atoms with Gasteiger partial charge in [-0.3, -0.25) is 0 Å². The standard InChI is InChI=1S/C15H23NO3/c1-11(10-17)12-8-15(19-3)13(9-14(12)18-2)16-6-4-5-7-16/h8-9,11,17H,4-7,10H2,1-3H3. The van der Waals surface area contributed by atoms with E-state index in [1.54, 1.807) is 14.2 Å². The minimum atomic E-state index is 0.0384. The van der Waals surface area contributed by atoms with Gasteiger partial charge in [-0.05, 0) is 18.9 Å². The molecule has 1 aromatic carbocycles. The Hall–Kier alpha value is -1.42. The third kappa shape index (κ3) is 2.78. The van der Waals surface area contributed by atoms with Crippen molar-refractivity contribution in [3.05, 3.63) is 17.7 Å². The summed E-state index contributed by atoms with van der Waals surface area (Å²) < 4.78 is 11.0. The molecular weight excluding hydrogens is 242 g/mol. The molecule has 1 atom stereocenters. The highest BCUT2D eigenvalue weighted by Gasteiger charge is 2.21. The van der Waals surface area contributed by atoms with Gasteiger partial charge in [-0.2, -0.15) is 0 Å². The van der Waals surface area contributed by atoms with Gasteiger partial charge in [-0.1, -0.05) is 6.92 Å². The molecule has 0 aromatic heterocycles. The van der Waals surface area contributed by atoms with Crippen LogP contribution in [0, 0.1) is 0 Å². The van der Waals surface area contributed by atoms with E-state index >= 15 is 0 Å². The lowest BCUT2D eigenvalue weighted by molar-refractivity contribution is 0.269. The van der Waals surface area contributed by atoms with Gasteiger partial charge in [0.05, 0.1) is 19.9 Å². The summed E-state index contributed by atoms with van der Waals surface area (Å²) in [6, 6.07) is 4.03. The quantitative estimate of drug-likeness (QED) is 0.887. The number of aliphatic hydroxyl groups excluding tert-OH is 1. The van der Waals surface area contributed by atoms with E-state index in [1.165, 1.54) is 12.8 Å². The van der Waals surface area contributed by atoms with Gasteiger partial charge in [0.2, 0.25) is 0 Å². The van der Waals surface area contributed by atoms with E-state index < -0.39 is 0 Å². The number of hydrogen-bond acceptors (Lipinski definition) is 4. The zero-order chi connectivity index (χ0) is 13.8. The Labute approximate surface area is 114 Å². The first-order chi connectivity index (χ1) is 9.21. The molecule has 1 heterocycles. The van der Waals surface area contributed by atoms with E-state index in [-0.39, 0.29) is 12.5 Å². The van der Waals surface area contributed by atoms with Crippen molar-refractivity contribution in [1.82, 2.24) is 0 Å². The molecule has 1 saturated heterocycles. The van der Waals surface area contributed by atoms with Crippen LogP contribution in [-0.2, 0) is 0 Å². The first-order valence-electron chi connectivity index (χ1n) is 6.83. The molecule has 2 rings (SSSR count). The molecule has 0 spiro atoms. The zero-order valence-corrected chi connectivity index (χ0v) is 12.0. The van der Waals surface area contributed by atoms with Gasteiger partial charge < -0.3 is 19.5 Å². The lowest BCUT2D eigenvalue weighted by Gasteiger charge is -2.24. The van der Waals surface area contributed by atoms with E-state index in [4.69, 9.17) is 9.47 Å². The predicted octanol–water partition coefficient (Wildman–Crippen LogP) is 2.40. The fourth-order valence-electron chi connectivity index (χ4n) is 2.59. The number of methoxy groups -OCH3 is 2. The molecule has 1 fully saturated rings. The van der Waals surface area contributed by atoms with Gasteiger partial charge in [-0.25, -0.2) is 0 Å². The van der Waals surface area contributed by atoms with Crippen molar-refractivity contribution >= 4 is 5.69 Å². The van der Waals surface area contributed by atoms with Crippen molar-refractivity contribution in [2.45, 2.75) is 25.7 Å². The highest BCUT2D eigenvalue weighted by molar-refractivity contribution is 5.65. The summed E-state index contributed by atoms with van der Waals surface area (Å²) in [6.45, 7) is 4.21. The van der Waals surface area contributed by atoms with Crippen molar-refractivity contribution in [3.63, 3.8) is 0 Å². The molecule has 0 aliphatic carbocycles. The summed E-state index contributed by atoms with van der Waals surface area (Å²) in [5, 5.41) is 9.35. The Morgan fingerprint density at radius 1 is 1.16 bits per heavy atom. The van der Waals surface area contributed by atoms with Crippen molar-refractivity contribution < 1.29 is 14.6 Å². The Kier molecular flexibility index (Phi) is 4.53. The van der Waals surface area contributed by atoms with Crippen LogP contribution in [0.4, 0.5) is 5.69 Å². The Bertz CT molecular complexity index is 428. The molecule has 1 aliphatic heterocycles. The van der Waals surface area contributed by atoms with Gasteiger partial charge in [-0.15, -0.1) is 0 Å². The summed E-state index contributed by atoms with van der Waals surface area (Å²) in [6.07, 6.45) is 2.44. The lowest BCUT2D eigenvalue weighted by atomic mass is 9.99. The molecule has 0 radical (unpaired) electrons. The van der Waals surface area contributed by atoms with Gasteiger partial charge in [0.25, 0.3) is 0 Å². The van der Waals surface area contributed by atoms with Crippen LogP contribution in [0.1, 0.15) is 31.2 Å². The summed E-state index contributed by atoms with van der Waals surface area (Å²) in [5.41, 5.74) is 2.08. The smallest absolute Gasteiger partial charge is 0.142 e. The third-order valence-electron chi connectivity index (χ3n) is 3.78. The normalized spacial score (nSPS) is 16.5. The number of benzene rings is 1. The van der Waals surface area contributed by atoms with Gasteiger partial charge in [0, 0.05) is 37.2 Å². The van der Waals surface area contributed by atoms with Crippen LogP contribution in [0.5, 0.6) is 11.5 Å². The first kappa shape index (κ1) is 14.0. The minimum Gasteiger partial charge on any atom is -0.496 e. The second kappa shape index (κ2) is 6.15. The second-order valence-corrected chi connectivity index (χ2v) is 5.04.